The molecule has 0 unspecified atom stereocenters. The van der Waals surface area contributed by atoms with Crippen LogP contribution in [-0.4, -0.2) is 28.0 Å². The van der Waals surface area contributed by atoms with Crippen molar-refractivity contribution in [2.75, 3.05) is 7.11 Å². The Morgan fingerprint density at radius 1 is 1.11 bits per heavy atom. The molecule has 0 radical (unpaired) electrons. The number of aromatic nitrogens is 2. The summed E-state index contributed by atoms with van der Waals surface area (Å²) in [5.41, 5.74) is 2.30. The number of non-ortho nitro benzene ring substituents is 1. The molecule has 0 aliphatic carbocycles. The molecule has 0 spiro atoms. The fourth-order valence-electron chi connectivity index (χ4n) is 2.53. The normalized spacial score (nSPS) is 10.4. The standard InChI is InChI=1S/C19H17N3O6/c1-21-18(17(11-20-21)13-3-7-15(26-2)8-4-13)12-27-19(23)28-16-9-5-14(6-10-16)22(24)25/h3-11H,12H2,1-2H3. The molecule has 0 atom stereocenters. The van der Waals surface area contributed by atoms with Gasteiger partial charge in [-0.2, -0.15) is 5.10 Å². The molecule has 3 aromatic rings. The molecule has 0 saturated carbocycles. The molecular weight excluding hydrogens is 366 g/mol. The topological polar surface area (TPSA) is 106 Å². The van der Waals surface area contributed by atoms with Gasteiger partial charge in [-0.3, -0.25) is 14.8 Å². The molecule has 9 nitrogen and oxygen atoms in total. The van der Waals surface area contributed by atoms with Gasteiger partial charge in [0, 0.05) is 24.7 Å². The van der Waals surface area contributed by atoms with Gasteiger partial charge in [0.25, 0.3) is 5.69 Å². The summed E-state index contributed by atoms with van der Waals surface area (Å²) in [4.78, 5) is 22.1. The minimum atomic E-state index is -0.921. The summed E-state index contributed by atoms with van der Waals surface area (Å²) in [5, 5.41) is 14.9. The molecule has 0 fully saturated rings. The SMILES string of the molecule is COc1ccc(-c2cnn(C)c2COC(=O)Oc2ccc([N+](=O)[O-])cc2)cc1. The molecule has 28 heavy (non-hydrogen) atoms. The predicted molar refractivity (Wildman–Crippen MR) is 99.1 cm³/mol. The van der Waals surface area contributed by atoms with E-state index in [2.05, 4.69) is 5.10 Å². The third-order valence-corrected chi connectivity index (χ3v) is 4.04. The zero-order valence-corrected chi connectivity index (χ0v) is 15.2. The molecule has 9 heteroatoms. The van der Waals surface area contributed by atoms with E-state index in [1.165, 1.54) is 24.3 Å². The van der Waals surface area contributed by atoms with Crippen LogP contribution < -0.4 is 9.47 Å². The number of methoxy groups -OCH3 is 1. The van der Waals surface area contributed by atoms with Gasteiger partial charge >= 0.3 is 6.16 Å². The van der Waals surface area contributed by atoms with Gasteiger partial charge in [0.1, 0.15) is 18.1 Å². The lowest BCUT2D eigenvalue weighted by Gasteiger charge is -2.09. The molecule has 3 rings (SSSR count). The average Bonchev–Trinajstić information content (AvgIpc) is 3.07. The number of hydrogen-bond donors (Lipinski definition) is 0. The number of ether oxygens (including phenoxy) is 3. The highest BCUT2D eigenvalue weighted by Gasteiger charge is 2.15. The first kappa shape index (κ1) is 18.9. The minimum absolute atomic E-state index is 0.0519. The van der Waals surface area contributed by atoms with Crippen LogP contribution in [0.4, 0.5) is 10.5 Å². The highest BCUT2D eigenvalue weighted by molar-refractivity contribution is 5.67. The third kappa shape index (κ3) is 4.26. The molecule has 0 saturated heterocycles. The quantitative estimate of drug-likeness (QED) is 0.276. The van der Waals surface area contributed by atoms with Gasteiger partial charge in [-0.1, -0.05) is 12.1 Å². The summed E-state index contributed by atoms with van der Waals surface area (Å²) >= 11 is 0. The Bertz CT molecular complexity index is 980. The van der Waals surface area contributed by atoms with Gasteiger partial charge in [0.05, 0.1) is 23.9 Å². The number of hydrogen-bond acceptors (Lipinski definition) is 7. The van der Waals surface area contributed by atoms with Gasteiger partial charge in [0.15, 0.2) is 0 Å². The van der Waals surface area contributed by atoms with E-state index >= 15 is 0 Å². The van der Waals surface area contributed by atoms with Crippen LogP contribution in [0.1, 0.15) is 5.69 Å². The highest BCUT2D eigenvalue weighted by Crippen LogP contribution is 2.26. The van der Waals surface area contributed by atoms with Crippen LogP contribution >= 0.6 is 0 Å². The van der Waals surface area contributed by atoms with Crippen molar-refractivity contribution >= 4 is 11.8 Å². The summed E-state index contributed by atoms with van der Waals surface area (Å²) in [5.74, 6) is 0.882. The number of benzene rings is 2. The average molecular weight is 383 g/mol. The first-order chi connectivity index (χ1) is 13.5. The molecule has 0 amide bonds. The number of carbonyl (C=O) groups excluding carboxylic acids is 1. The van der Waals surface area contributed by atoms with Gasteiger partial charge in [-0.25, -0.2) is 4.79 Å². The van der Waals surface area contributed by atoms with Gasteiger partial charge in [-0.15, -0.1) is 0 Å². The summed E-state index contributed by atoms with van der Waals surface area (Å²) < 4.78 is 17.0. The van der Waals surface area contributed by atoms with Crippen molar-refractivity contribution in [2.24, 2.45) is 7.05 Å². The predicted octanol–water partition coefficient (Wildman–Crippen LogP) is 3.72. The van der Waals surface area contributed by atoms with Crippen LogP contribution in [0.5, 0.6) is 11.5 Å². The van der Waals surface area contributed by atoms with Gasteiger partial charge in [-0.05, 0) is 29.8 Å². The van der Waals surface area contributed by atoms with Crippen molar-refractivity contribution in [1.29, 1.82) is 0 Å². The van der Waals surface area contributed by atoms with Crippen LogP contribution in [0.25, 0.3) is 11.1 Å². The molecule has 144 valence electrons. The van der Waals surface area contributed by atoms with Crippen LogP contribution in [0.3, 0.4) is 0 Å². The molecule has 0 bridgehead atoms. The molecule has 1 aromatic heterocycles. The second kappa shape index (κ2) is 8.21. The molecule has 0 aliphatic rings. The van der Waals surface area contributed by atoms with E-state index in [0.29, 0.717) is 5.69 Å². The summed E-state index contributed by atoms with van der Waals surface area (Å²) in [6.45, 7) is -0.0519. The molecule has 2 aromatic carbocycles. The molecule has 0 N–H and O–H groups in total. The minimum Gasteiger partial charge on any atom is -0.497 e. The number of carbonyl (C=O) groups is 1. The molecular formula is C19H17N3O6. The zero-order chi connectivity index (χ0) is 20.1. The van der Waals surface area contributed by atoms with Crippen molar-refractivity contribution in [3.8, 4) is 22.6 Å². The maximum Gasteiger partial charge on any atom is 0.514 e. The van der Waals surface area contributed by atoms with E-state index in [4.69, 9.17) is 14.2 Å². The third-order valence-electron chi connectivity index (χ3n) is 4.04. The highest BCUT2D eigenvalue weighted by atomic mass is 16.7. The molecule has 1 heterocycles. The van der Waals surface area contributed by atoms with Crippen molar-refractivity contribution in [1.82, 2.24) is 9.78 Å². The van der Waals surface area contributed by atoms with Crippen LogP contribution in [-0.2, 0) is 18.4 Å². The number of aryl methyl sites for hydroxylation is 1. The summed E-state index contributed by atoms with van der Waals surface area (Å²) in [6, 6.07) is 12.6. The van der Waals surface area contributed by atoms with E-state index in [-0.39, 0.29) is 18.0 Å². The molecule has 0 aliphatic heterocycles. The van der Waals surface area contributed by atoms with Crippen LogP contribution in [0.15, 0.2) is 54.7 Å². The van der Waals surface area contributed by atoms with E-state index in [1.54, 1.807) is 25.0 Å². The maximum atomic E-state index is 11.9. The van der Waals surface area contributed by atoms with Crippen molar-refractivity contribution in [2.45, 2.75) is 6.61 Å². The van der Waals surface area contributed by atoms with Crippen LogP contribution in [0, 0.1) is 10.1 Å². The number of nitro benzene ring substituents is 1. The summed E-state index contributed by atoms with van der Waals surface area (Å²) in [7, 11) is 3.34. The summed E-state index contributed by atoms with van der Waals surface area (Å²) in [6.07, 6.45) is 0.762. The van der Waals surface area contributed by atoms with E-state index in [1.807, 2.05) is 24.3 Å². The second-order valence-electron chi connectivity index (χ2n) is 5.75. The Labute approximate surface area is 160 Å². The lowest BCUT2D eigenvalue weighted by atomic mass is 10.1. The first-order valence-corrected chi connectivity index (χ1v) is 8.22. The number of nitro groups is 1. The largest absolute Gasteiger partial charge is 0.514 e. The maximum absolute atomic E-state index is 11.9. The number of rotatable bonds is 6. The van der Waals surface area contributed by atoms with E-state index in [9.17, 15) is 14.9 Å². The lowest BCUT2D eigenvalue weighted by molar-refractivity contribution is -0.384. The van der Waals surface area contributed by atoms with Crippen molar-refractivity contribution in [3.63, 3.8) is 0 Å². The van der Waals surface area contributed by atoms with Crippen molar-refractivity contribution in [3.05, 3.63) is 70.5 Å². The Morgan fingerprint density at radius 3 is 2.36 bits per heavy atom. The van der Waals surface area contributed by atoms with Crippen molar-refractivity contribution < 1.29 is 23.9 Å². The van der Waals surface area contributed by atoms with Gasteiger partial charge in [0.2, 0.25) is 0 Å². The Kier molecular flexibility index (Phi) is 5.54. The first-order valence-electron chi connectivity index (χ1n) is 8.22. The monoisotopic (exact) mass is 383 g/mol. The smallest absolute Gasteiger partial charge is 0.497 e. The zero-order valence-electron chi connectivity index (χ0n) is 15.2. The fourth-order valence-corrected chi connectivity index (χ4v) is 2.53. The fraction of sp³-hybridized carbons (Fsp3) is 0.158. The van der Waals surface area contributed by atoms with Gasteiger partial charge < -0.3 is 14.2 Å². The Balaban J connectivity index is 1.66. The lowest BCUT2D eigenvalue weighted by Crippen LogP contribution is -2.12. The Hall–Kier alpha value is -3.88. The van der Waals surface area contributed by atoms with E-state index < -0.39 is 11.1 Å². The van der Waals surface area contributed by atoms with Crippen LogP contribution in [0.2, 0.25) is 0 Å². The Morgan fingerprint density at radius 2 is 1.75 bits per heavy atom. The second-order valence-corrected chi connectivity index (χ2v) is 5.75. The van der Waals surface area contributed by atoms with E-state index in [0.717, 1.165) is 16.9 Å². The number of nitrogens with zero attached hydrogens (tertiary/aromatic N) is 3.